The van der Waals surface area contributed by atoms with Gasteiger partial charge in [0.2, 0.25) is 11.9 Å². The third-order valence-electron chi connectivity index (χ3n) is 4.03. The van der Waals surface area contributed by atoms with Gasteiger partial charge in [0.25, 0.3) is 5.95 Å². The zero-order valence-electron chi connectivity index (χ0n) is 12.2. The second-order valence-corrected chi connectivity index (χ2v) is 5.66. The smallest absolute Gasteiger partial charge is 0.257 e. The van der Waals surface area contributed by atoms with Crippen molar-refractivity contribution in [3.63, 3.8) is 0 Å². The maximum atomic E-state index is 4.60. The first-order valence-corrected chi connectivity index (χ1v) is 7.58. The summed E-state index contributed by atoms with van der Waals surface area (Å²) in [6, 6.07) is 2.07. The minimum atomic E-state index is 0.586. The minimum Gasteiger partial charge on any atom is -0.357 e. The second kappa shape index (κ2) is 4.98. The Bertz CT molecular complexity index is 641. The molecule has 1 saturated heterocycles. The van der Waals surface area contributed by atoms with Gasteiger partial charge in [-0.3, -0.25) is 0 Å². The molecule has 1 saturated carbocycles. The zero-order valence-corrected chi connectivity index (χ0v) is 12.2. The lowest BCUT2D eigenvalue weighted by Gasteiger charge is -2.16. The highest BCUT2D eigenvalue weighted by molar-refractivity contribution is 5.40. The van der Waals surface area contributed by atoms with E-state index in [0.717, 1.165) is 24.7 Å². The summed E-state index contributed by atoms with van der Waals surface area (Å²) < 4.78 is 1.76. The lowest BCUT2D eigenvalue weighted by Crippen LogP contribution is -2.22. The summed E-state index contributed by atoms with van der Waals surface area (Å²) in [7, 11) is 1.82. The molecule has 3 heterocycles. The number of aromatic nitrogens is 5. The van der Waals surface area contributed by atoms with E-state index in [4.69, 9.17) is 0 Å². The highest BCUT2D eigenvalue weighted by Crippen LogP contribution is 2.38. The molecule has 1 N–H and O–H groups in total. The van der Waals surface area contributed by atoms with Crippen molar-refractivity contribution in [2.24, 2.45) is 0 Å². The summed E-state index contributed by atoms with van der Waals surface area (Å²) in [6.45, 7) is 2.03. The monoisotopic (exact) mass is 285 g/mol. The van der Waals surface area contributed by atoms with Crippen molar-refractivity contribution in [2.75, 3.05) is 30.4 Å². The summed E-state index contributed by atoms with van der Waals surface area (Å²) in [4.78, 5) is 15.7. The summed E-state index contributed by atoms with van der Waals surface area (Å²) >= 11 is 0. The van der Waals surface area contributed by atoms with Gasteiger partial charge in [-0.15, -0.1) is 0 Å². The summed E-state index contributed by atoms with van der Waals surface area (Å²) in [6.07, 6.45) is 6.83. The lowest BCUT2D eigenvalue weighted by molar-refractivity contribution is 0.763. The summed E-state index contributed by atoms with van der Waals surface area (Å²) in [5.41, 5.74) is 1.14. The Kier molecular flexibility index (Phi) is 2.98. The van der Waals surface area contributed by atoms with Crippen LogP contribution in [0.2, 0.25) is 0 Å². The summed E-state index contributed by atoms with van der Waals surface area (Å²) in [5.74, 6) is 2.55. The van der Waals surface area contributed by atoms with Gasteiger partial charge in [0, 0.05) is 32.3 Å². The molecule has 2 aromatic rings. The molecule has 0 bridgehead atoms. The van der Waals surface area contributed by atoms with Gasteiger partial charge in [-0.05, 0) is 31.7 Å². The van der Waals surface area contributed by atoms with Gasteiger partial charge in [0.05, 0.1) is 5.69 Å². The molecule has 0 aromatic carbocycles. The van der Waals surface area contributed by atoms with Gasteiger partial charge in [0.15, 0.2) is 0 Å². The molecule has 1 aliphatic heterocycles. The first-order valence-electron chi connectivity index (χ1n) is 7.58. The number of nitrogens with zero attached hydrogens (tertiary/aromatic N) is 6. The fourth-order valence-electron chi connectivity index (χ4n) is 2.67. The van der Waals surface area contributed by atoms with Gasteiger partial charge in [-0.1, -0.05) is 0 Å². The maximum Gasteiger partial charge on any atom is 0.257 e. The van der Waals surface area contributed by atoms with Crippen molar-refractivity contribution < 1.29 is 0 Å². The van der Waals surface area contributed by atoms with Gasteiger partial charge in [-0.25, -0.2) is 4.68 Å². The maximum absolute atomic E-state index is 4.60. The van der Waals surface area contributed by atoms with E-state index in [1.807, 2.05) is 13.2 Å². The average Bonchev–Trinajstić information content (AvgIpc) is 3.05. The second-order valence-electron chi connectivity index (χ2n) is 5.66. The third kappa shape index (κ3) is 2.43. The summed E-state index contributed by atoms with van der Waals surface area (Å²) in [5, 5.41) is 7.62. The molecule has 2 aliphatic rings. The molecule has 0 atom stereocenters. The van der Waals surface area contributed by atoms with Crippen LogP contribution in [0.5, 0.6) is 0 Å². The number of anilines is 2. The number of hydrogen-bond acceptors (Lipinski definition) is 6. The van der Waals surface area contributed by atoms with E-state index in [0.29, 0.717) is 17.8 Å². The molecule has 7 nitrogen and oxygen atoms in total. The molecule has 2 fully saturated rings. The quantitative estimate of drug-likeness (QED) is 0.919. The Morgan fingerprint density at radius 2 is 1.86 bits per heavy atom. The van der Waals surface area contributed by atoms with E-state index in [2.05, 4.69) is 36.3 Å². The first kappa shape index (κ1) is 12.6. The molecule has 0 amide bonds. The number of hydrogen-bond donors (Lipinski definition) is 1. The molecular formula is C14H19N7. The van der Waals surface area contributed by atoms with Crippen molar-refractivity contribution in [1.29, 1.82) is 0 Å². The third-order valence-corrected chi connectivity index (χ3v) is 4.03. The van der Waals surface area contributed by atoms with Crippen LogP contribution in [0.3, 0.4) is 0 Å². The fourth-order valence-corrected chi connectivity index (χ4v) is 2.67. The Balaban J connectivity index is 1.70. The predicted molar refractivity (Wildman–Crippen MR) is 79.9 cm³/mol. The van der Waals surface area contributed by atoms with Gasteiger partial charge < -0.3 is 10.2 Å². The molecule has 0 spiro atoms. The van der Waals surface area contributed by atoms with E-state index in [1.165, 1.54) is 25.7 Å². The largest absolute Gasteiger partial charge is 0.357 e. The molecule has 1 aliphatic carbocycles. The van der Waals surface area contributed by atoms with E-state index in [-0.39, 0.29) is 0 Å². The Hall–Kier alpha value is -2.18. The molecule has 7 heteroatoms. The normalized spacial score (nSPS) is 18.2. The molecule has 4 rings (SSSR count). The molecule has 110 valence electrons. The van der Waals surface area contributed by atoms with Crippen LogP contribution >= 0.6 is 0 Å². The topological polar surface area (TPSA) is 71.8 Å². The molecular weight excluding hydrogens is 266 g/mol. The predicted octanol–water partition coefficient (Wildman–Crippen LogP) is 1.58. The van der Waals surface area contributed by atoms with Crippen LogP contribution in [0, 0.1) is 0 Å². The number of nitrogens with one attached hydrogen (secondary N) is 1. The van der Waals surface area contributed by atoms with E-state index in [1.54, 1.807) is 4.68 Å². The zero-order chi connectivity index (χ0) is 14.2. The first-order chi connectivity index (χ1) is 10.3. The van der Waals surface area contributed by atoms with Gasteiger partial charge in [0.1, 0.15) is 0 Å². The van der Waals surface area contributed by atoms with Crippen LogP contribution < -0.4 is 10.2 Å². The number of rotatable bonds is 4. The van der Waals surface area contributed by atoms with Crippen LogP contribution in [0.25, 0.3) is 5.95 Å². The Morgan fingerprint density at radius 1 is 1.10 bits per heavy atom. The van der Waals surface area contributed by atoms with Crippen molar-refractivity contribution >= 4 is 11.9 Å². The van der Waals surface area contributed by atoms with Crippen molar-refractivity contribution in [1.82, 2.24) is 24.7 Å². The molecule has 2 aromatic heterocycles. The molecule has 21 heavy (non-hydrogen) atoms. The van der Waals surface area contributed by atoms with Gasteiger partial charge in [-0.2, -0.15) is 20.1 Å². The Morgan fingerprint density at radius 3 is 2.57 bits per heavy atom. The van der Waals surface area contributed by atoms with E-state index >= 15 is 0 Å². The van der Waals surface area contributed by atoms with Crippen LogP contribution in [0.1, 0.15) is 37.3 Å². The average molecular weight is 285 g/mol. The van der Waals surface area contributed by atoms with Crippen LogP contribution in [0.15, 0.2) is 12.3 Å². The minimum absolute atomic E-state index is 0.586. The lowest BCUT2D eigenvalue weighted by atomic mass is 10.3. The van der Waals surface area contributed by atoms with Crippen LogP contribution in [-0.2, 0) is 0 Å². The Labute approximate surface area is 123 Å². The SMILES string of the molecule is CNc1nc(N2CCCC2)nc(-n2ccc(C3CC3)n2)n1. The highest BCUT2D eigenvalue weighted by atomic mass is 15.4. The molecule has 0 radical (unpaired) electrons. The van der Waals surface area contributed by atoms with Crippen molar-refractivity contribution in [2.45, 2.75) is 31.6 Å². The van der Waals surface area contributed by atoms with E-state index < -0.39 is 0 Å². The van der Waals surface area contributed by atoms with Crippen LogP contribution in [-0.4, -0.2) is 44.9 Å². The highest BCUT2D eigenvalue weighted by Gasteiger charge is 2.26. The fraction of sp³-hybridized carbons (Fsp3) is 0.571. The van der Waals surface area contributed by atoms with Gasteiger partial charge >= 0.3 is 0 Å². The van der Waals surface area contributed by atoms with Crippen molar-refractivity contribution in [3.8, 4) is 5.95 Å². The standard InChI is InChI=1S/C14H19N7/c1-15-12-16-13(20-7-2-3-8-20)18-14(17-12)21-9-6-11(19-21)10-4-5-10/h6,9-10H,2-5,7-8H2,1H3,(H,15,16,17,18). The van der Waals surface area contributed by atoms with E-state index in [9.17, 15) is 0 Å². The molecule has 0 unspecified atom stereocenters. The van der Waals surface area contributed by atoms with Crippen LogP contribution in [0.4, 0.5) is 11.9 Å². The van der Waals surface area contributed by atoms with Crippen molar-refractivity contribution in [3.05, 3.63) is 18.0 Å².